The normalized spacial score (nSPS) is 14.6. The Hall–Kier alpha value is -1.73. The summed E-state index contributed by atoms with van der Waals surface area (Å²) in [6.07, 6.45) is 0. The van der Waals surface area contributed by atoms with Crippen molar-refractivity contribution in [2.45, 2.75) is 39.3 Å². The first-order chi connectivity index (χ1) is 10.3. The van der Waals surface area contributed by atoms with Crippen molar-refractivity contribution >= 4 is 17.2 Å². The number of aromatic nitrogens is 2. The van der Waals surface area contributed by atoms with Gasteiger partial charge in [-0.3, -0.25) is 4.79 Å². The van der Waals surface area contributed by atoms with Crippen molar-refractivity contribution in [1.29, 1.82) is 0 Å². The van der Waals surface area contributed by atoms with Gasteiger partial charge in [-0.15, -0.1) is 21.5 Å². The number of rotatable bonds is 5. The predicted molar refractivity (Wildman–Crippen MR) is 85.7 cm³/mol. The summed E-state index contributed by atoms with van der Waals surface area (Å²) in [5, 5.41) is 13.1. The Kier molecular flexibility index (Phi) is 4.97. The van der Waals surface area contributed by atoms with Crippen molar-refractivity contribution in [1.82, 2.24) is 15.5 Å². The SMILES string of the molecule is C[C@H](c1nnc(-c2cccs2)o1)[NH+](C)CC(=O)NC(C)(C)C. The fourth-order valence-electron chi connectivity index (χ4n) is 1.99. The number of carbonyl (C=O) groups is 1. The molecule has 2 atom stereocenters. The van der Waals surface area contributed by atoms with Crippen LogP contribution in [0.4, 0.5) is 0 Å². The maximum atomic E-state index is 12.0. The highest BCUT2D eigenvalue weighted by Gasteiger charge is 2.25. The summed E-state index contributed by atoms with van der Waals surface area (Å²) in [6, 6.07) is 3.84. The lowest BCUT2D eigenvalue weighted by atomic mass is 10.1. The van der Waals surface area contributed by atoms with E-state index in [0.29, 0.717) is 18.3 Å². The summed E-state index contributed by atoms with van der Waals surface area (Å²) in [5.74, 6) is 1.09. The Morgan fingerprint density at radius 2 is 2.18 bits per heavy atom. The fraction of sp³-hybridized carbons (Fsp3) is 0.533. The first-order valence-electron chi connectivity index (χ1n) is 7.27. The van der Waals surface area contributed by atoms with Gasteiger partial charge in [0.05, 0.1) is 11.9 Å². The maximum Gasteiger partial charge on any atom is 0.275 e. The minimum Gasteiger partial charge on any atom is -0.414 e. The second-order valence-electron chi connectivity index (χ2n) is 6.47. The largest absolute Gasteiger partial charge is 0.414 e. The first kappa shape index (κ1) is 16.6. The van der Waals surface area contributed by atoms with Crippen molar-refractivity contribution in [3.63, 3.8) is 0 Å². The summed E-state index contributed by atoms with van der Waals surface area (Å²) >= 11 is 1.56. The zero-order valence-corrected chi connectivity index (χ0v) is 14.5. The molecular formula is C15H23N4O2S+. The maximum absolute atomic E-state index is 12.0. The number of likely N-dealkylation sites (N-methyl/N-ethyl adjacent to an activating group) is 1. The van der Waals surface area contributed by atoms with Gasteiger partial charge in [0.25, 0.3) is 17.7 Å². The third kappa shape index (κ3) is 4.38. The van der Waals surface area contributed by atoms with Gasteiger partial charge in [-0.2, -0.15) is 0 Å². The monoisotopic (exact) mass is 323 g/mol. The molecule has 0 bridgehead atoms. The number of amides is 1. The Balaban J connectivity index is 1.99. The molecule has 2 aromatic rings. The summed E-state index contributed by atoms with van der Waals surface area (Å²) < 4.78 is 5.73. The minimum atomic E-state index is -0.225. The molecule has 2 aromatic heterocycles. The number of thiophene rings is 1. The van der Waals surface area contributed by atoms with Crippen LogP contribution in [0.1, 0.15) is 39.6 Å². The molecule has 0 fully saturated rings. The summed E-state index contributed by atoms with van der Waals surface area (Å²) in [6.45, 7) is 8.24. The average molecular weight is 323 g/mol. The Bertz CT molecular complexity index is 616. The van der Waals surface area contributed by atoms with E-state index in [-0.39, 0.29) is 17.5 Å². The van der Waals surface area contributed by atoms with E-state index in [1.165, 1.54) is 0 Å². The average Bonchev–Trinajstić information content (AvgIpc) is 3.06. The molecule has 6 nitrogen and oxygen atoms in total. The highest BCUT2D eigenvalue weighted by molar-refractivity contribution is 7.13. The lowest BCUT2D eigenvalue weighted by molar-refractivity contribution is -0.903. The third-order valence-electron chi connectivity index (χ3n) is 3.24. The van der Waals surface area contributed by atoms with E-state index in [2.05, 4.69) is 15.5 Å². The second kappa shape index (κ2) is 6.58. The number of hydrogen-bond acceptors (Lipinski definition) is 5. The lowest BCUT2D eigenvalue weighted by Crippen LogP contribution is -3.10. The molecule has 0 aliphatic rings. The van der Waals surface area contributed by atoms with E-state index in [1.807, 2.05) is 52.3 Å². The number of carbonyl (C=O) groups excluding carboxylic acids is 1. The molecule has 1 unspecified atom stereocenters. The van der Waals surface area contributed by atoms with Crippen LogP contribution in [0.2, 0.25) is 0 Å². The van der Waals surface area contributed by atoms with Crippen molar-refractivity contribution in [3.8, 4) is 10.8 Å². The Morgan fingerprint density at radius 1 is 1.45 bits per heavy atom. The van der Waals surface area contributed by atoms with E-state index in [1.54, 1.807) is 11.3 Å². The van der Waals surface area contributed by atoms with Gasteiger partial charge >= 0.3 is 0 Å². The van der Waals surface area contributed by atoms with Gasteiger partial charge in [-0.1, -0.05) is 6.07 Å². The molecule has 22 heavy (non-hydrogen) atoms. The minimum absolute atomic E-state index is 0.00912. The molecule has 2 N–H and O–H groups in total. The van der Waals surface area contributed by atoms with Crippen molar-refractivity contribution < 1.29 is 14.1 Å². The zero-order valence-electron chi connectivity index (χ0n) is 13.6. The molecule has 0 aromatic carbocycles. The molecule has 0 aliphatic carbocycles. The molecule has 2 rings (SSSR count). The van der Waals surface area contributed by atoms with Crippen molar-refractivity contribution in [2.75, 3.05) is 13.6 Å². The molecule has 120 valence electrons. The molecular weight excluding hydrogens is 300 g/mol. The summed E-state index contributed by atoms with van der Waals surface area (Å²) in [5.41, 5.74) is -0.225. The van der Waals surface area contributed by atoms with Crippen LogP contribution < -0.4 is 10.2 Å². The highest BCUT2D eigenvalue weighted by atomic mass is 32.1. The fourth-order valence-corrected chi connectivity index (χ4v) is 2.63. The van der Waals surface area contributed by atoms with Crippen LogP contribution in [0, 0.1) is 0 Å². The predicted octanol–water partition coefficient (Wildman–Crippen LogP) is 1.29. The Labute approximate surface area is 134 Å². The van der Waals surface area contributed by atoms with E-state index in [9.17, 15) is 4.79 Å². The zero-order chi connectivity index (χ0) is 16.3. The first-order valence-corrected chi connectivity index (χ1v) is 8.15. The van der Waals surface area contributed by atoms with Crippen LogP contribution in [-0.4, -0.2) is 35.2 Å². The van der Waals surface area contributed by atoms with E-state index >= 15 is 0 Å². The quantitative estimate of drug-likeness (QED) is 0.870. The summed E-state index contributed by atoms with van der Waals surface area (Å²) in [4.78, 5) is 14.0. The number of nitrogens with zero attached hydrogens (tertiary/aromatic N) is 2. The van der Waals surface area contributed by atoms with Gasteiger partial charge in [-0.25, -0.2) is 0 Å². The third-order valence-corrected chi connectivity index (χ3v) is 4.09. The van der Waals surface area contributed by atoms with Crippen molar-refractivity contribution in [2.24, 2.45) is 0 Å². The lowest BCUT2D eigenvalue weighted by Gasteiger charge is -2.23. The topological polar surface area (TPSA) is 72.5 Å². The Morgan fingerprint density at radius 3 is 2.77 bits per heavy atom. The number of nitrogens with one attached hydrogen (secondary N) is 2. The standard InChI is InChI=1S/C15H22N4O2S/c1-10(19(5)9-12(20)16-15(2,3)4)13-17-18-14(21-13)11-7-6-8-22-11/h6-8,10H,9H2,1-5H3,(H,16,20)/p+1/t10-/m1/s1. The van der Waals surface area contributed by atoms with Gasteiger partial charge in [0.2, 0.25) is 0 Å². The van der Waals surface area contributed by atoms with Crippen LogP contribution in [0.15, 0.2) is 21.9 Å². The molecule has 0 aliphatic heterocycles. The van der Waals surface area contributed by atoms with Gasteiger partial charge in [-0.05, 0) is 39.1 Å². The molecule has 0 saturated heterocycles. The van der Waals surface area contributed by atoms with Gasteiger partial charge < -0.3 is 14.6 Å². The number of hydrogen-bond donors (Lipinski definition) is 2. The van der Waals surface area contributed by atoms with E-state index < -0.39 is 0 Å². The molecule has 1 amide bonds. The van der Waals surface area contributed by atoms with Crippen LogP contribution >= 0.6 is 11.3 Å². The van der Waals surface area contributed by atoms with Crippen molar-refractivity contribution in [3.05, 3.63) is 23.4 Å². The van der Waals surface area contributed by atoms with Gasteiger partial charge in [0.1, 0.15) is 0 Å². The highest BCUT2D eigenvalue weighted by Crippen LogP contribution is 2.24. The number of quaternary nitrogens is 1. The van der Waals surface area contributed by atoms with Crippen LogP contribution in [0.25, 0.3) is 10.8 Å². The van der Waals surface area contributed by atoms with E-state index in [4.69, 9.17) is 4.42 Å². The van der Waals surface area contributed by atoms with Gasteiger partial charge in [0.15, 0.2) is 12.6 Å². The molecule has 0 saturated carbocycles. The molecule has 0 radical (unpaired) electrons. The van der Waals surface area contributed by atoms with Crippen LogP contribution in [0.3, 0.4) is 0 Å². The second-order valence-corrected chi connectivity index (χ2v) is 7.41. The van der Waals surface area contributed by atoms with Gasteiger partial charge in [0, 0.05) is 5.54 Å². The van der Waals surface area contributed by atoms with Crippen LogP contribution in [0.5, 0.6) is 0 Å². The van der Waals surface area contributed by atoms with E-state index in [0.717, 1.165) is 9.78 Å². The smallest absolute Gasteiger partial charge is 0.275 e. The molecule has 2 heterocycles. The van der Waals surface area contributed by atoms with Crippen LogP contribution in [-0.2, 0) is 4.79 Å². The molecule has 7 heteroatoms. The molecule has 0 spiro atoms. The summed E-state index contributed by atoms with van der Waals surface area (Å²) in [7, 11) is 1.95.